The van der Waals surface area contributed by atoms with Crippen LogP contribution in [-0.4, -0.2) is 71.7 Å². The molecule has 1 fully saturated rings. The zero-order valence-electron chi connectivity index (χ0n) is 21.4. The van der Waals surface area contributed by atoms with Crippen LogP contribution < -0.4 is 4.74 Å². The van der Waals surface area contributed by atoms with Gasteiger partial charge in [-0.3, -0.25) is 9.59 Å². The van der Waals surface area contributed by atoms with E-state index in [2.05, 4.69) is 4.98 Å². The molecule has 2 amide bonds. The van der Waals surface area contributed by atoms with Crippen LogP contribution >= 0.6 is 0 Å². The fourth-order valence-electron chi connectivity index (χ4n) is 4.47. The Morgan fingerprint density at radius 3 is 2.37 bits per heavy atom. The first-order valence-electron chi connectivity index (χ1n) is 12.4. The lowest BCUT2D eigenvalue weighted by Crippen LogP contribution is -2.57. The molecule has 1 aromatic heterocycles. The fourth-order valence-corrected chi connectivity index (χ4v) is 4.47. The lowest BCUT2D eigenvalue weighted by atomic mass is 9.88. The summed E-state index contributed by atoms with van der Waals surface area (Å²) in [5, 5.41) is 19.8. The van der Waals surface area contributed by atoms with Crippen LogP contribution in [-0.2, 0) is 10.4 Å². The van der Waals surface area contributed by atoms with Crippen molar-refractivity contribution in [3.63, 3.8) is 0 Å². The highest BCUT2D eigenvalue weighted by molar-refractivity contribution is 5.95. The fraction of sp³-hybridized carbons (Fsp3) is 0.481. The maximum Gasteiger partial charge on any atom is 0.430 e. The monoisotopic (exact) mass is 532 g/mol. The standard InChI is InChI=1S/C27H31F3N4O4/c1-33(2)24(35)21-11-12-23(32-22(21)18-31)38-17-7-6-8-19-13-15-34(16-14-19)25(36)26(37,27(28,29)30)20-9-4-3-5-10-20/h3-5,9-12,19,37H,6-8,13-17H2,1-2H3. The number of aliphatic hydroxyl groups is 1. The highest BCUT2D eigenvalue weighted by Crippen LogP contribution is 2.41. The predicted octanol–water partition coefficient (Wildman–Crippen LogP) is 3.89. The lowest BCUT2D eigenvalue weighted by Gasteiger charge is -2.38. The number of hydrogen-bond donors (Lipinski definition) is 1. The Bertz CT molecular complexity index is 1160. The van der Waals surface area contributed by atoms with E-state index >= 15 is 0 Å². The molecule has 11 heteroatoms. The quantitative estimate of drug-likeness (QED) is 0.491. The zero-order chi connectivity index (χ0) is 27.9. The molecule has 204 valence electrons. The highest BCUT2D eigenvalue weighted by atomic mass is 19.4. The first-order chi connectivity index (χ1) is 18.0. The zero-order valence-corrected chi connectivity index (χ0v) is 21.4. The van der Waals surface area contributed by atoms with Gasteiger partial charge in [0.2, 0.25) is 5.88 Å². The van der Waals surface area contributed by atoms with Crippen molar-refractivity contribution in [2.24, 2.45) is 5.92 Å². The number of pyridine rings is 1. The van der Waals surface area contributed by atoms with Crippen LogP contribution in [0.1, 0.15) is 53.7 Å². The minimum absolute atomic E-state index is 0.00723. The number of aromatic nitrogens is 1. The Morgan fingerprint density at radius 1 is 1.13 bits per heavy atom. The number of ether oxygens (including phenoxy) is 1. The molecule has 0 bridgehead atoms. The van der Waals surface area contributed by atoms with Crippen LogP contribution in [0, 0.1) is 17.2 Å². The largest absolute Gasteiger partial charge is 0.478 e. The number of benzene rings is 1. The van der Waals surface area contributed by atoms with E-state index in [0.29, 0.717) is 25.9 Å². The van der Waals surface area contributed by atoms with E-state index < -0.39 is 23.2 Å². The van der Waals surface area contributed by atoms with Gasteiger partial charge >= 0.3 is 6.18 Å². The molecule has 1 saturated heterocycles. The normalized spacial score (nSPS) is 15.9. The third-order valence-corrected chi connectivity index (χ3v) is 6.68. The van der Waals surface area contributed by atoms with Crippen molar-refractivity contribution in [1.29, 1.82) is 5.26 Å². The molecule has 1 atom stereocenters. The molecule has 1 unspecified atom stereocenters. The number of amides is 2. The average molecular weight is 533 g/mol. The summed E-state index contributed by atoms with van der Waals surface area (Å²) in [4.78, 5) is 31.5. The number of nitrogens with zero attached hydrogens (tertiary/aromatic N) is 4. The molecule has 2 heterocycles. The van der Waals surface area contributed by atoms with Crippen molar-refractivity contribution in [1.82, 2.24) is 14.8 Å². The Hall–Kier alpha value is -3.65. The number of alkyl halides is 3. The van der Waals surface area contributed by atoms with Crippen molar-refractivity contribution < 1.29 is 32.6 Å². The Balaban J connectivity index is 1.45. The number of unbranched alkanes of at least 4 members (excludes halogenated alkanes) is 1. The summed E-state index contributed by atoms with van der Waals surface area (Å²) in [6.07, 6.45) is -1.73. The summed E-state index contributed by atoms with van der Waals surface area (Å²) in [6, 6.07) is 11.4. The molecule has 1 aliphatic rings. The third kappa shape index (κ3) is 6.42. The average Bonchev–Trinajstić information content (AvgIpc) is 2.91. The van der Waals surface area contributed by atoms with Crippen LogP contribution in [0.5, 0.6) is 5.88 Å². The number of hydrogen-bond acceptors (Lipinski definition) is 6. The van der Waals surface area contributed by atoms with Crippen molar-refractivity contribution in [2.75, 3.05) is 33.8 Å². The van der Waals surface area contributed by atoms with E-state index in [4.69, 9.17) is 4.74 Å². The minimum atomic E-state index is -5.15. The number of carbonyl (C=O) groups is 2. The summed E-state index contributed by atoms with van der Waals surface area (Å²) in [6.45, 7) is 0.639. The molecule has 0 radical (unpaired) electrons. The highest BCUT2D eigenvalue weighted by Gasteiger charge is 2.62. The summed E-state index contributed by atoms with van der Waals surface area (Å²) in [5.41, 5.74) is -3.87. The van der Waals surface area contributed by atoms with Gasteiger partial charge in [-0.2, -0.15) is 18.4 Å². The van der Waals surface area contributed by atoms with Gasteiger partial charge < -0.3 is 19.6 Å². The summed E-state index contributed by atoms with van der Waals surface area (Å²) in [5.74, 6) is -1.17. The van der Waals surface area contributed by atoms with Gasteiger partial charge in [-0.15, -0.1) is 0 Å². The molecule has 1 aliphatic heterocycles. The molecule has 3 rings (SSSR count). The first-order valence-corrected chi connectivity index (χ1v) is 12.4. The van der Waals surface area contributed by atoms with E-state index in [1.54, 1.807) is 20.2 Å². The van der Waals surface area contributed by atoms with E-state index in [1.165, 1.54) is 29.2 Å². The molecule has 8 nitrogen and oxygen atoms in total. The van der Waals surface area contributed by atoms with Gasteiger partial charge in [-0.25, -0.2) is 4.98 Å². The van der Waals surface area contributed by atoms with Crippen molar-refractivity contribution in [3.05, 3.63) is 59.3 Å². The molecule has 38 heavy (non-hydrogen) atoms. The summed E-state index contributed by atoms with van der Waals surface area (Å²) in [7, 11) is 3.17. The van der Waals surface area contributed by atoms with E-state index in [-0.39, 0.29) is 42.1 Å². The third-order valence-electron chi connectivity index (χ3n) is 6.68. The second-order valence-electron chi connectivity index (χ2n) is 9.51. The number of halogens is 3. The van der Waals surface area contributed by atoms with Gasteiger partial charge in [0, 0.05) is 38.8 Å². The van der Waals surface area contributed by atoms with E-state index in [1.807, 2.05) is 6.07 Å². The summed E-state index contributed by atoms with van der Waals surface area (Å²) >= 11 is 0. The second kappa shape index (κ2) is 12.3. The SMILES string of the molecule is CN(C)C(=O)c1ccc(OCCCCC2CCN(C(=O)C(O)(c3ccccc3)C(F)(F)F)CC2)nc1C#N. The van der Waals surface area contributed by atoms with Gasteiger partial charge in [0.25, 0.3) is 17.4 Å². The smallest absolute Gasteiger partial charge is 0.430 e. The first kappa shape index (κ1) is 28.9. The minimum Gasteiger partial charge on any atom is -0.478 e. The molecule has 1 N–H and O–H groups in total. The number of likely N-dealkylation sites (tertiary alicyclic amines) is 1. The number of rotatable bonds is 9. The van der Waals surface area contributed by atoms with Crippen molar-refractivity contribution in [2.45, 2.75) is 43.9 Å². The van der Waals surface area contributed by atoms with E-state index in [0.717, 1.165) is 29.9 Å². The Kier molecular flexibility index (Phi) is 9.33. The number of carbonyl (C=O) groups excluding carboxylic acids is 2. The molecule has 1 aromatic carbocycles. The predicted molar refractivity (Wildman–Crippen MR) is 132 cm³/mol. The summed E-state index contributed by atoms with van der Waals surface area (Å²) < 4.78 is 47.1. The molecule has 0 saturated carbocycles. The van der Waals surface area contributed by atoms with Crippen molar-refractivity contribution >= 4 is 11.8 Å². The Labute approximate surface area is 219 Å². The molecule has 0 aliphatic carbocycles. The van der Waals surface area contributed by atoms with Crippen LogP contribution in [0.15, 0.2) is 42.5 Å². The van der Waals surface area contributed by atoms with Gasteiger partial charge in [-0.1, -0.05) is 36.8 Å². The maximum atomic E-state index is 13.8. The topological polar surface area (TPSA) is 107 Å². The van der Waals surface area contributed by atoms with Crippen LogP contribution in [0.25, 0.3) is 0 Å². The second-order valence-corrected chi connectivity index (χ2v) is 9.51. The Morgan fingerprint density at radius 2 is 1.79 bits per heavy atom. The van der Waals surface area contributed by atoms with Gasteiger partial charge in [0.15, 0.2) is 5.69 Å². The van der Waals surface area contributed by atoms with E-state index in [9.17, 15) is 33.1 Å². The number of piperidine rings is 1. The van der Waals surface area contributed by atoms with Gasteiger partial charge in [0.05, 0.1) is 12.2 Å². The molecular formula is C27H31F3N4O4. The van der Waals surface area contributed by atoms with Crippen LogP contribution in [0.3, 0.4) is 0 Å². The maximum absolute atomic E-state index is 13.8. The van der Waals surface area contributed by atoms with Crippen LogP contribution in [0.2, 0.25) is 0 Å². The van der Waals surface area contributed by atoms with Crippen molar-refractivity contribution in [3.8, 4) is 11.9 Å². The lowest BCUT2D eigenvalue weighted by molar-refractivity contribution is -0.262. The molecule has 0 spiro atoms. The van der Waals surface area contributed by atoms with Crippen LogP contribution in [0.4, 0.5) is 13.2 Å². The molecule has 2 aromatic rings. The molecular weight excluding hydrogens is 501 g/mol. The number of nitriles is 1. The van der Waals surface area contributed by atoms with Gasteiger partial charge in [-0.05, 0) is 37.7 Å². The van der Waals surface area contributed by atoms with Gasteiger partial charge in [0.1, 0.15) is 6.07 Å².